The van der Waals surface area contributed by atoms with E-state index in [2.05, 4.69) is 57.6 Å². The van der Waals surface area contributed by atoms with E-state index in [0.717, 1.165) is 16.7 Å². The highest BCUT2D eigenvalue weighted by Gasteiger charge is 2.25. The second-order valence-corrected chi connectivity index (χ2v) is 14.9. The lowest BCUT2D eigenvalue weighted by molar-refractivity contribution is 0.443. The molecule has 0 spiro atoms. The van der Waals surface area contributed by atoms with E-state index in [9.17, 15) is 15.0 Å². The van der Waals surface area contributed by atoms with Crippen LogP contribution in [0.15, 0.2) is 57.2 Å². The van der Waals surface area contributed by atoms with Gasteiger partial charge in [0.1, 0.15) is 17.2 Å². The molecule has 0 aliphatic carbocycles. The van der Waals surface area contributed by atoms with Crippen LogP contribution in [-0.4, -0.2) is 32.6 Å². The third-order valence-electron chi connectivity index (χ3n) is 7.74. The maximum atomic E-state index is 12.8. The Labute approximate surface area is 260 Å². The molecule has 0 aliphatic rings. The molecule has 44 heavy (non-hydrogen) atoms. The second kappa shape index (κ2) is 11.7. The monoisotopic (exact) mass is 594 g/mol. The molecule has 0 unspecified atom stereocenters. The molecule has 4 rings (SSSR count). The van der Waals surface area contributed by atoms with Gasteiger partial charge in [-0.15, -0.1) is 0 Å². The summed E-state index contributed by atoms with van der Waals surface area (Å²) >= 11 is 0. The molecule has 7 nitrogen and oxygen atoms in total. The van der Waals surface area contributed by atoms with Gasteiger partial charge >= 0.3 is 0 Å². The SMILES string of the molecule is CC(C)c1nc2cc(N=Cc3cc(C(C)(C)C)cc(C(C)(C)C)c3O)c(N=Cc3cccc(C(C)(C)C)c3O)cc2[nH]c1=O. The van der Waals surface area contributed by atoms with E-state index < -0.39 is 0 Å². The standard InChI is InChI=1S/C37H46N4O3/c1-21(2)31-34(44)41-30-18-28(38-19-22-13-12-14-25(32(22)42)36(6,7)8)27(17-29(30)40-31)39-20-23-15-24(35(3,4)5)16-26(33(23)43)37(9,10)11/h12-21,42-43H,1-11H3,(H,41,44). The van der Waals surface area contributed by atoms with Crippen LogP contribution in [0.2, 0.25) is 0 Å². The Morgan fingerprint density at radius 3 is 1.89 bits per heavy atom. The molecule has 232 valence electrons. The summed E-state index contributed by atoms with van der Waals surface area (Å²) in [5.41, 5.74) is 5.56. The van der Waals surface area contributed by atoms with Gasteiger partial charge in [0.2, 0.25) is 0 Å². The summed E-state index contributed by atoms with van der Waals surface area (Å²) in [5.74, 6) is 0.303. The fraction of sp³-hybridized carbons (Fsp3) is 0.405. The molecule has 0 radical (unpaired) electrons. The van der Waals surface area contributed by atoms with Gasteiger partial charge in [-0.1, -0.05) is 94.4 Å². The molecule has 0 bridgehead atoms. The van der Waals surface area contributed by atoms with Crippen LogP contribution in [0.5, 0.6) is 11.5 Å². The van der Waals surface area contributed by atoms with Gasteiger partial charge in [0.15, 0.2) is 0 Å². The molecule has 3 N–H and O–H groups in total. The van der Waals surface area contributed by atoms with Crippen molar-refractivity contribution in [2.75, 3.05) is 0 Å². The molecule has 0 amide bonds. The van der Waals surface area contributed by atoms with Gasteiger partial charge < -0.3 is 15.2 Å². The zero-order valence-electron chi connectivity index (χ0n) is 27.9. The Bertz CT molecular complexity index is 1830. The summed E-state index contributed by atoms with van der Waals surface area (Å²) in [7, 11) is 0. The van der Waals surface area contributed by atoms with Crippen LogP contribution in [-0.2, 0) is 16.2 Å². The summed E-state index contributed by atoms with van der Waals surface area (Å²) in [4.78, 5) is 29.9. The van der Waals surface area contributed by atoms with E-state index in [-0.39, 0.29) is 39.2 Å². The topological polar surface area (TPSA) is 111 Å². The van der Waals surface area contributed by atoms with Crippen molar-refractivity contribution in [3.63, 3.8) is 0 Å². The average molecular weight is 595 g/mol. The smallest absolute Gasteiger partial charge is 0.270 e. The number of benzene rings is 3. The van der Waals surface area contributed by atoms with Crippen LogP contribution in [0.3, 0.4) is 0 Å². The zero-order valence-corrected chi connectivity index (χ0v) is 27.9. The largest absolute Gasteiger partial charge is 0.507 e. The molecule has 0 aliphatic heterocycles. The van der Waals surface area contributed by atoms with Gasteiger partial charge in [0.25, 0.3) is 5.56 Å². The lowest BCUT2D eigenvalue weighted by atomic mass is 9.79. The Balaban J connectivity index is 1.93. The number of nitrogens with zero attached hydrogens (tertiary/aromatic N) is 3. The molecule has 0 fully saturated rings. The van der Waals surface area contributed by atoms with Crippen molar-refractivity contribution in [1.82, 2.24) is 9.97 Å². The van der Waals surface area contributed by atoms with Crippen molar-refractivity contribution in [3.05, 3.63) is 86.3 Å². The van der Waals surface area contributed by atoms with E-state index in [1.165, 1.54) is 0 Å². The van der Waals surface area contributed by atoms with Crippen molar-refractivity contribution < 1.29 is 10.2 Å². The maximum absolute atomic E-state index is 12.8. The number of nitrogens with one attached hydrogen (secondary N) is 1. The van der Waals surface area contributed by atoms with Crippen LogP contribution >= 0.6 is 0 Å². The van der Waals surface area contributed by atoms with Gasteiger partial charge in [0, 0.05) is 35.0 Å². The first-order valence-corrected chi connectivity index (χ1v) is 15.1. The number of rotatable bonds is 5. The van der Waals surface area contributed by atoms with Crippen molar-refractivity contribution in [3.8, 4) is 11.5 Å². The first-order chi connectivity index (χ1) is 20.3. The molecular weight excluding hydrogens is 548 g/mol. The van der Waals surface area contributed by atoms with Gasteiger partial charge in [-0.3, -0.25) is 14.8 Å². The van der Waals surface area contributed by atoms with Gasteiger partial charge in [-0.2, -0.15) is 0 Å². The van der Waals surface area contributed by atoms with Crippen LogP contribution < -0.4 is 5.56 Å². The van der Waals surface area contributed by atoms with E-state index in [4.69, 9.17) is 9.98 Å². The first-order valence-electron chi connectivity index (χ1n) is 15.1. The second-order valence-electron chi connectivity index (χ2n) is 14.9. The predicted molar refractivity (Wildman–Crippen MR) is 183 cm³/mol. The van der Waals surface area contributed by atoms with E-state index in [1.807, 2.05) is 52.8 Å². The van der Waals surface area contributed by atoms with Crippen molar-refractivity contribution in [2.45, 2.75) is 98.3 Å². The molecule has 4 aromatic rings. The highest BCUT2D eigenvalue weighted by atomic mass is 16.3. The van der Waals surface area contributed by atoms with Crippen LogP contribution in [0.25, 0.3) is 11.0 Å². The van der Waals surface area contributed by atoms with E-state index >= 15 is 0 Å². The summed E-state index contributed by atoms with van der Waals surface area (Å²) in [6.45, 7) is 22.7. The molecule has 0 saturated heterocycles. The summed E-state index contributed by atoms with van der Waals surface area (Å²) < 4.78 is 0. The number of aromatic hydroxyl groups is 2. The third-order valence-corrected chi connectivity index (χ3v) is 7.74. The molecule has 1 aromatic heterocycles. The highest BCUT2D eigenvalue weighted by molar-refractivity contribution is 5.94. The minimum Gasteiger partial charge on any atom is -0.507 e. The number of aromatic amines is 1. The van der Waals surface area contributed by atoms with Crippen molar-refractivity contribution in [2.24, 2.45) is 9.98 Å². The summed E-state index contributed by atoms with van der Waals surface area (Å²) in [6, 6.07) is 13.2. The molecule has 0 saturated carbocycles. The lowest BCUT2D eigenvalue weighted by Crippen LogP contribution is -2.17. The first kappa shape index (κ1) is 32.6. The predicted octanol–water partition coefficient (Wildman–Crippen LogP) is 8.85. The molecule has 0 atom stereocenters. The van der Waals surface area contributed by atoms with E-state index in [1.54, 1.807) is 30.6 Å². The fourth-order valence-electron chi connectivity index (χ4n) is 5.03. The Hall–Kier alpha value is -4.26. The Kier molecular flexibility index (Phi) is 8.67. The quantitative estimate of drug-likeness (QED) is 0.200. The fourth-order valence-corrected chi connectivity index (χ4v) is 5.03. The number of para-hydroxylation sites is 1. The Morgan fingerprint density at radius 2 is 1.32 bits per heavy atom. The number of aromatic nitrogens is 2. The van der Waals surface area contributed by atoms with E-state index in [0.29, 0.717) is 39.2 Å². The number of aliphatic imine (C=N–C) groups is 2. The van der Waals surface area contributed by atoms with Gasteiger partial charge in [0.05, 0.1) is 22.4 Å². The van der Waals surface area contributed by atoms with Crippen LogP contribution in [0.4, 0.5) is 11.4 Å². The average Bonchev–Trinajstić information content (AvgIpc) is 2.89. The Morgan fingerprint density at radius 1 is 0.750 bits per heavy atom. The molecule has 1 heterocycles. The third kappa shape index (κ3) is 6.93. The van der Waals surface area contributed by atoms with Gasteiger partial charge in [-0.05, 0) is 51.6 Å². The van der Waals surface area contributed by atoms with Crippen LogP contribution in [0, 0.1) is 0 Å². The van der Waals surface area contributed by atoms with Crippen molar-refractivity contribution >= 4 is 34.8 Å². The highest BCUT2D eigenvalue weighted by Crippen LogP contribution is 2.39. The zero-order chi connectivity index (χ0) is 32.8. The summed E-state index contributed by atoms with van der Waals surface area (Å²) in [6.07, 6.45) is 3.26. The number of H-pyrrole nitrogens is 1. The summed E-state index contributed by atoms with van der Waals surface area (Å²) in [5, 5.41) is 22.4. The lowest BCUT2D eigenvalue weighted by Gasteiger charge is -2.27. The maximum Gasteiger partial charge on any atom is 0.270 e. The number of phenols is 2. The number of hydrogen-bond donors (Lipinski definition) is 3. The van der Waals surface area contributed by atoms with Crippen LogP contribution in [0.1, 0.15) is 116 Å². The number of fused-ring (bicyclic) bond motifs is 1. The molecule has 3 aromatic carbocycles. The molecule has 7 heteroatoms. The van der Waals surface area contributed by atoms with Gasteiger partial charge in [-0.25, -0.2) is 4.98 Å². The minimum atomic E-state index is -0.279. The normalized spacial score (nSPS) is 13.2. The number of phenolic OH excluding ortho intramolecular Hbond substituents is 2. The number of hydrogen-bond acceptors (Lipinski definition) is 6. The van der Waals surface area contributed by atoms with Crippen molar-refractivity contribution in [1.29, 1.82) is 0 Å². The molecular formula is C37H46N4O3. The minimum absolute atomic E-state index is 0.0567.